The third-order valence-corrected chi connectivity index (χ3v) is 2.86. The Morgan fingerprint density at radius 1 is 1.47 bits per heavy atom. The number of aryl methyl sites for hydroxylation is 2. The van der Waals surface area contributed by atoms with E-state index in [4.69, 9.17) is 0 Å². The van der Waals surface area contributed by atoms with Gasteiger partial charge in [0, 0.05) is 13.0 Å². The van der Waals surface area contributed by atoms with Gasteiger partial charge in [0.15, 0.2) is 11.0 Å². The van der Waals surface area contributed by atoms with Crippen molar-refractivity contribution in [2.75, 3.05) is 0 Å². The third kappa shape index (κ3) is 1.27. The van der Waals surface area contributed by atoms with Crippen LogP contribution in [0.1, 0.15) is 5.82 Å². The summed E-state index contributed by atoms with van der Waals surface area (Å²) < 4.78 is 3.96. The quantitative estimate of drug-likeness (QED) is 0.400. The Bertz CT molecular complexity index is 557. The van der Waals surface area contributed by atoms with E-state index < -0.39 is 0 Å². The van der Waals surface area contributed by atoms with Crippen molar-refractivity contribution in [2.45, 2.75) is 6.92 Å². The van der Waals surface area contributed by atoms with Crippen molar-refractivity contribution in [2.24, 2.45) is 14.1 Å². The Labute approximate surface area is 86.7 Å². The number of non-ortho nitro benzene ring substituents is 1. The summed E-state index contributed by atoms with van der Waals surface area (Å²) in [6, 6.07) is 4.91. The molecule has 0 fully saturated rings. The van der Waals surface area contributed by atoms with E-state index in [1.807, 2.05) is 30.2 Å². The van der Waals surface area contributed by atoms with Gasteiger partial charge in [-0.15, -0.1) is 0 Å². The first kappa shape index (κ1) is 9.64. The number of rotatable bonds is 1. The maximum absolute atomic E-state index is 10.6. The summed E-state index contributed by atoms with van der Waals surface area (Å²) in [4.78, 5) is 10.3. The number of hydrogen-bond donors (Lipinski definition) is 0. The fraction of sp³-hybridized carbons (Fsp3) is 0.300. The summed E-state index contributed by atoms with van der Waals surface area (Å²) in [5.74, 6) is 1.06. The summed E-state index contributed by atoms with van der Waals surface area (Å²) in [5.41, 5.74) is 2.01. The first-order valence-electron chi connectivity index (χ1n) is 4.62. The van der Waals surface area contributed by atoms with E-state index in [9.17, 15) is 10.1 Å². The molecular weight excluding hydrogens is 194 g/mol. The van der Waals surface area contributed by atoms with Crippen molar-refractivity contribution in [1.82, 2.24) is 4.57 Å². The molecule has 0 saturated carbocycles. The van der Waals surface area contributed by atoms with Crippen LogP contribution in [0.15, 0.2) is 18.2 Å². The molecule has 0 aliphatic heterocycles. The number of nitro groups is 1. The normalized spacial score (nSPS) is 10.9. The molecule has 0 spiro atoms. The lowest BCUT2D eigenvalue weighted by molar-refractivity contribution is -0.652. The molecule has 0 atom stereocenters. The second-order valence-corrected chi connectivity index (χ2v) is 3.60. The van der Waals surface area contributed by atoms with Gasteiger partial charge in [-0.25, -0.2) is 9.13 Å². The molecule has 0 N–H and O–H groups in total. The fourth-order valence-electron chi connectivity index (χ4n) is 1.75. The minimum atomic E-state index is -0.373. The first-order valence-corrected chi connectivity index (χ1v) is 4.62. The molecule has 78 valence electrons. The predicted octanol–water partition coefficient (Wildman–Crippen LogP) is 1.22. The van der Waals surface area contributed by atoms with Gasteiger partial charge in [-0.3, -0.25) is 10.1 Å². The van der Waals surface area contributed by atoms with Gasteiger partial charge in [-0.05, 0) is 6.07 Å². The average molecular weight is 206 g/mol. The molecule has 1 heterocycles. The van der Waals surface area contributed by atoms with Crippen LogP contribution in [0.4, 0.5) is 5.69 Å². The van der Waals surface area contributed by atoms with Crippen LogP contribution in [0.5, 0.6) is 0 Å². The standard InChI is InChI=1S/C10H12N3O2/c1-7-11(2)9-5-4-8(13(14)15)6-10(9)12(7)3/h4-6H,1-3H3/q+1. The highest BCUT2D eigenvalue weighted by Crippen LogP contribution is 2.19. The van der Waals surface area contributed by atoms with Crippen molar-refractivity contribution in [1.29, 1.82) is 0 Å². The summed E-state index contributed by atoms with van der Waals surface area (Å²) in [7, 11) is 3.85. The zero-order chi connectivity index (χ0) is 11.2. The van der Waals surface area contributed by atoms with Gasteiger partial charge in [0.1, 0.15) is 0 Å². The van der Waals surface area contributed by atoms with Crippen molar-refractivity contribution in [3.05, 3.63) is 34.1 Å². The number of fused-ring (bicyclic) bond motifs is 1. The largest absolute Gasteiger partial charge is 0.273 e. The maximum Gasteiger partial charge on any atom is 0.273 e. The second kappa shape index (κ2) is 3.05. The van der Waals surface area contributed by atoms with E-state index in [1.165, 1.54) is 6.07 Å². The Hall–Kier alpha value is -1.91. The predicted molar refractivity (Wildman–Crippen MR) is 55.5 cm³/mol. The molecule has 2 rings (SSSR count). The summed E-state index contributed by atoms with van der Waals surface area (Å²) in [6.07, 6.45) is 0. The van der Waals surface area contributed by atoms with E-state index in [1.54, 1.807) is 12.1 Å². The average Bonchev–Trinajstić information content (AvgIpc) is 2.44. The molecule has 15 heavy (non-hydrogen) atoms. The molecule has 5 heteroatoms. The highest BCUT2D eigenvalue weighted by atomic mass is 16.6. The minimum Gasteiger partial charge on any atom is -0.258 e. The fourth-order valence-corrected chi connectivity index (χ4v) is 1.75. The molecule has 1 aromatic heterocycles. The molecule has 5 nitrogen and oxygen atoms in total. The molecule has 0 saturated heterocycles. The van der Waals surface area contributed by atoms with Crippen molar-refractivity contribution >= 4 is 16.7 Å². The van der Waals surface area contributed by atoms with Crippen LogP contribution < -0.4 is 4.57 Å². The number of aromatic nitrogens is 2. The van der Waals surface area contributed by atoms with Crippen LogP contribution in [-0.2, 0) is 14.1 Å². The molecule has 0 aliphatic rings. The van der Waals surface area contributed by atoms with Gasteiger partial charge in [0.25, 0.3) is 11.5 Å². The van der Waals surface area contributed by atoms with Gasteiger partial charge in [0.05, 0.1) is 25.1 Å². The first-order chi connectivity index (χ1) is 7.02. The number of imidazole rings is 1. The number of nitro benzene ring substituents is 1. The molecule has 2 aromatic rings. The van der Waals surface area contributed by atoms with Crippen LogP contribution in [0.2, 0.25) is 0 Å². The van der Waals surface area contributed by atoms with Gasteiger partial charge >= 0.3 is 0 Å². The van der Waals surface area contributed by atoms with E-state index >= 15 is 0 Å². The number of benzene rings is 1. The van der Waals surface area contributed by atoms with Gasteiger partial charge < -0.3 is 0 Å². The summed E-state index contributed by atoms with van der Waals surface area (Å²) >= 11 is 0. The number of hydrogen-bond acceptors (Lipinski definition) is 2. The topological polar surface area (TPSA) is 51.9 Å². The molecule has 1 aromatic carbocycles. The molecule has 0 unspecified atom stereocenters. The van der Waals surface area contributed by atoms with Crippen LogP contribution in [0.25, 0.3) is 11.0 Å². The minimum absolute atomic E-state index is 0.128. The van der Waals surface area contributed by atoms with Crippen LogP contribution in [0.3, 0.4) is 0 Å². The molecule has 0 radical (unpaired) electrons. The second-order valence-electron chi connectivity index (χ2n) is 3.60. The Balaban J connectivity index is 2.82. The van der Waals surface area contributed by atoms with Gasteiger partial charge in [0.2, 0.25) is 0 Å². The Kier molecular flexibility index (Phi) is 1.96. The zero-order valence-corrected chi connectivity index (χ0v) is 8.89. The maximum atomic E-state index is 10.6. The van der Waals surface area contributed by atoms with Crippen LogP contribution in [-0.4, -0.2) is 9.49 Å². The molecule has 0 amide bonds. The molecule has 0 bridgehead atoms. The highest BCUT2D eigenvalue weighted by Gasteiger charge is 2.18. The van der Waals surface area contributed by atoms with Gasteiger partial charge in [-0.1, -0.05) is 0 Å². The highest BCUT2D eigenvalue weighted by molar-refractivity contribution is 5.75. The van der Waals surface area contributed by atoms with Crippen molar-refractivity contribution < 1.29 is 9.49 Å². The van der Waals surface area contributed by atoms with Crippen molar-refractivity contribution in [3.8, 4) is 0 Å². The van der Waals surface area contributed by atoms with E-state index in [-0.39, 0.29) is 10.6 Å². The summed E-state index contributed by atoms with van der Waals surface area (Å²) in [5, 5.41) is 10.6. The summed E-state index contributed by atoms with van der Waals surface area (Å²) in [6.45, 7) is 1.98. The Morgan fingerprint density at radius 3 is 2.73 bits per heavy atom. The third-order valence-electron chi connectivity index (χ3n) is 2.86. The lowest BCUT2D eigenvalue weighted by atomic mass is 10.3. The molecular formula is C10H12N3O2+. The SMILES string of the molecule is Cc1n(C)c2cc([N+](=O)[O-])ccc2[n+]1C. The van der Waals surface area contributed by atoms with Crippen molar-refractivity contribution in [3.63, 3.8) is 0 Å². The van der Waals surface area contributed by atoms with Crippen LogP contribution in [0, 0.1) is 17.0 Å². The van der Waals surface area contributed by atoms with Crippen LogP contribution >= 0.6 is 0 Å². The van der Waals surface area contributed by atoms with E-state index in [0.29, 0.717) is 0 Å². The lowest BCUT2D eigenvalue weighted by Crippen LogP contribution is -2.30. The lowest BCUT2D eigenvalue weighted by Gasteiger charge is -1.90. The smallest absolute Gasteiger partial charge is 0.258 e. The monoisotopic (exact) mass is 206 g/mol. The Morgan fingerprint density at radius 2 is 2.13 bits per heavy atom. The molecule has 0 aliphatic carbocycles. The van der Waals surface area contributed by atoms with Gasteiger partial charge in [-0.2, -0.15) is 0 Å². The number of nitrogens with zero attached hydrogens (tertiary/aromatic N) is 3. The van der Waals surface area contributed by atoms with E-state index in [0.717, 1.165) is 16.9 Å². The van der Waals surface area contributed by atoms with E-state index in [2.05, 4.69) is 0 Å². The zero-order valence-electron chi connectivity index (χ0n) is 8.89.